The molecular formula is C104H111Cl6N7O7. The monoisotopic (exact) mass is 1840 g/mol. The average Bonchev–Trinajstić information content (AvgIpc) is 1.48. The van der Waals surface area contributed by atoms with Crippen LogP contribution >= 0.6 is 69.6 Å². The molecule has 14 aliphatic rings. The van der Waals surface area contributed by atoms with E-state index in [1.54, 1.807) is 58.9 Å². The molecule has 0 spiro atoms. The second-order valence-corrected chi connectivity index (χ2v) is 31.9. The van der Waals surface area contributed by atoms with Crippen LogP contribution in [-0.2, 0) is 78.5 Å². The van der Waals surface area contributed by atoms with Crippen molar-refractivity contribution in [3.63, 3.8) is 0 Å². The van der Waals surface area contributed by atoms with Gasteiger partial charge in [-0.25, -0.2) is 0 Å². The van der Waals surface area contributed by atoms with Crippen molar-refractivity contribution in [2.24, 2.45) is 81.4 Å². The van der Waals surface area contributed by atoms with E-state index in [0.29, 0.717) is 66.2 Å². The van der Waals surface area contributed by atoms with Gasteiger partial charge in [-0.3, -0.25) is 33.6 Å². The lowest BCUT2D eigenvalue weighted by Crippen LogP contribution is -2.27. The number of benzene rings is 7. The quantitative estimate of drug-likeness (QED) is 0.0808. The summed E-state index contributed by atoms with van der Waals surface area (Å²) in [5.74, 6) is -29.5. The number of hydrogen-bond acceptors (Lipinski definition) is 7. The molecule has 7 atom stereocenters. The van der Waals surface area contributed by atoms with Crippen molar-refractivity contribution in [2.45, 2.75) is 220 Å². The van der Waals surface area contributed by atoms with Crippen molar-refractivity contribution in [1.82, 2.24) is 0 Å². The van der Waals surface area contributed by atoms with Crippen LogP contribution in [0, 0.1) is 82.8 Å². The highest BCUT2D eigenvalue weighted by Gasteiger charge is 2.41. The Bertz CT molecular complexity index is 8990. The molecule has 7 amide bonds. The van der Waals surface area contributed by atoms with Crippen LogP contribution < -0.4 is 40.1 Å². The number of carbonyl (C=O) groups excluding carboxylic acids is 7. The fourth-order valence-electron chi connectivity index (χ4n) is 15.8. The van der Waals surface area contributed by atoms with Gasteiger partial charge < -0.3 is 40.1 Å². The first-order valence-electron chi connectivity index (χ1n) is 65.7. The summed E-state index contributed by atoms with van der Waals surface area (Å²) in [6, 6.07) is 12.5. The van der Waals surface area contributed by atoms with Gasteiger partial charge in [0.2, 0.25) is 41.4 Å². The Morgan fingerprint density at radius 1 is 0.290 bits per heavy atom. The van der Waals surface area contributed by atoms with Crippen molar-refractivity contribution in [3.05, 3.63) is 277 Å². The minimum Gasteiger partial charge on any atom is -0.369 e. The van der Waals surface area contributed by atoms with Gasteiger partial charge in [0.1, 0.15) is 0 Å². The third-order valence-electron chi connectivity index (χ3n) is 21.6. The SMILES string of the molecule is [2H]C1([2H])C2=C(Cc3cc(C)c(Cl)cc32)C([2H])(C(N)=O)C([2H])([2H])C1([2H])[2H].[2H]c1c(C)c(Cl)c([2H])c2c1CC1=C2C([2H])([2H])C([2H])([2H])C([2H])([2H])C1([2H])C(N)=O.[2H]c1c(C)c(Cl)cc2c1CC1=C2C([2H])([2H])C([2H])([2H])C([2H])([2H])C1([2H])C(N)=O.[2H]c1c(Cl)c(C)cc2c1C1=C(C2)C([2H])(C(N)=O)C([2H])([2H])C([2H])([2H])C1([2H])[2H].[2H]c1c(Cl)cc(C)c2c1C1=C(C2)C([2H])(C(N)=O)C([2H])([2H])C([2H])([2H])C1([2H])[2H].[2H]c1c(Cl)ccc2c1C1=C(C2)C([2H])(C(N)=O)C([2H])([2H])C([2H])([2H])C1([2H])[2H].[2H]c1cc(C)cc2c1CC1=C2C([2H])([2H])C([2H])([2H])C([2H])([2H])C1([2H])C(N)=O. The molecule has 0 bridgehead atoms. The Balaban J connectivity index is 0.000000152. The molecule has 14 nitrogen and oxygen atoms in total. The number of primary amides is 7. The van der Waals surface area contributed by atoms with E-state index in [2.05, 4.69) is 0 Å². The fourth-order valence-corrected chi connectivity index (χ4v) is 16.8. The van der Waals surface area contributed by atoms with E-state index < -0.39 is 222 Å². The lowest BCUT2D eigenvalue weighted by molar-refractivity contribution is -0.121. The van der Waals surface area contributed by atoms with Gasteiger partial charge in [-0.15, -0.1) is 0 Å². The van der Waals surface area contributed by atoms with Crippen LogP contribution in [0.15, 0.2) is 136 Å². The first kappa shape index (κ1) is 43.5. The number of amides is 7. The molecule has 0 radical (unpaired) electrons. The summed E-state index contributed by atoms with van der Waals surface area (Å²) in [5, 5.41) is 0.472. The molecule has 14 N–H and O–H groups in total. The van der Waals surface area contributed by atoms with Crippen LogP contribution in [0.25, 0.3) is 39.0 Å². The zero-order chi connectivity index (χ0) is 138. The third-order valence-corrected chi connectivity index (χ3v) is 23.6. The van der Waals surface area contributed by atoms with Crippen molar-refractivity contribution in [1.29, 1.82) is 0 Å². The Labute approximate surface area is 837 Å². The second kappa shape index (κ2) is 37.4. The van der Waals surface area contributed by atoms with Gasteiger partial charge in [-0.2, -0.15) is 0 Å². The standard InChI is InChI=1S/5C15H16ClNO.C15H17NO.C14H14ClNO/c4*1-8-5-9-6-13-10(12(9)7-14(8)16)3-2-4-11(13)15(17)18;1-8-5-9(16)6-13-10-3-2-4-11(15(17)18)14(10)7-12(8)13;1-9-5-6-10-8-14-11(13(10)7-9)3-2-4-12(14)15(16)17;15-9-5-4-8-6-13-10(12(8)7-9)2-1-3-11(13)14(16)17/h4*5,7,11H,2-4,6H2,1H3,(H2,17,18);5-6,11H,2-4,7H2,1H3,(H2,17,18);5-7,12H,2-4,8H2,1H3,(H2,16,17);4-5,7,11H,1-3,6H2,(H2,16,17)/i2D2,3D2,4D2,5D,7D,11D;2D2,3D2,4D2,7D,11D;2D2,3D2,4D2,5D,11D;2D2,3D2,4D2,11D;2D2,3D2,4D2,6D,11D;2D2,3D2,4D2,6D,12D;1D2,2D2,3D2,7D,11D. The van der Waals surface area contributed by atoms with Gasteiger partial charge in [0, 0.05) is 97.3 Å². The van der Waals surface area contributed by atoms with E-state index in [1.165, 1.54) is 37.3 Å². The first-order chi connectivity index (χ1) is 80.6. The van der Waals surface area contributed by atoms with Crippen molar-refractivity contribution in [2.75, 3.05) is 0 Å². The molecule has 21 rings (SSSR count). The van der Waals surface area contributed by atoms with E-state index in [-0.39, 0.29) is 235 Å². The van der Waals surface area contributed by atoms with Gasteiger partial charge in [0.25, 0.3) is 0 Å². The fraction of sp³-hybridized carbons (Fsp3) is 0.394. The normalized spacial score (nSPS) is 41.2. The maximum atomic E-state index is 12.1. The van der Waals surface area contributed by atoms with Crippen LogP contribution in [0.1, 0.15) is 322 Å². The molecule has 0 saturated carbocycles. The maximum absolute atomic E-state index is 12.1. The summed E-state index contributed by atoms with van der Waals surface area (Å²) in [6.07, 6.45) is -66.6. The van der Waals surface area contributed by atoms with Crippen LogP contribution in [-0.4, -0.2) is 41.4 Å². The van der Waals surface area contributed by atoms with Gasteiger partial charge in [-0.05, 0) is 452 Å². The average molecular weight is 1840 g/mol. The molecule has 0 fully saturated rings. The van der Waals surface area contributed by atoms with E-state index in [9.17, 15) is 33.6 Å². The largest absolute Gasteiger partial charge is 0.369 e. The maximum Gasteiger partial charge on any atom is 0.224 e. The molecule has 7 aromatic carbocycles. The van der Waals surface area contributed by atoms with Crippen molar-refractivity contribution in [3.8, 4) is 0 Å². The van der Waals surface area contributed by atoms with E-state index >= 15 is 0 Å². The predicted octanol–water partition coefficient (Wildman–Crippen LogP) is 21.7. The second-order valence-electron chi connectivity index (χ2n) is 29.5. The molecule has 20 heteroatoms. The Hall–Kier alpha value is -9.25. The van der Waals surface area contributed by atoms with E-state index in [1.807, 2.05) is 0 Å². The summed E-state index contributed by atoms with van der Waals surface area (Å²) >= 11 is 36.4. The number of aryl methyl sites for hydroxylation is 4. The molecule has 646 valence electrons. The molecule has 7 aromatic rings. The number of halogens is 6. The van der Waals surface area contributed by atoms with Gasteiger partial charge >= 0.3 is 0 Å². The van der Waals surface area contributed by atoms with E-state index in [0.717, 1.165) is 0 Å². The molecule has 7 unspecified atom stereocenters. The minimum absolute atomic E-state index is 0.00440. The number of rotatable bonds is 7. The van der Waals surface area contributed by atoms with Crippen LogP contribution in [0.5, 0.6) is 0 Å². The van der Waals surface area contributed by atoms with Crippen LogP contribution in [0.3, 0.4) is 0 Å². The molecule has 124 heavy (non-hydrogen) atoms. The number of allylic oxidation sites excluding steroid dienone is 7. The summed E-state index contributed by atoms with van der Waals surface area (Å²) in [6.45, 7) is 9.85. The zero-order valence-electron chi connectivity index (χ0n) is 122. The van der Waals surface area contributed by atoms with Crippen molar-refractivity contribution >= 4 is 150 Å². The third kappa shape index (κ3) is 18.1. The number of nitrogens with two attached hydrogens (primary N) is 7. The summed E-state index contributed by atoms with van der Waals surface area (Å²) in [7, 11) is 0. The number of hydrogen-bond donors (Lipinski definition) is 7. The molecule has 0 heterocycles. The van der Waals surface area contributed by atoms with E-state index in [4.69, 9.17) is 187 Å². The predicted molar refractivity (Wildman–Crippen MR) is 504 cm³/mol. The first-order valence-corrected chi connectivity index (χ1v) is 40.0. The molecule has 0 aromatic heterocycles. The lowest BCUT2D eigenvalue weighted by Gasteiger charge is -2.22. The molecule has 0 aliphatic heterocycles. The topological polar surface area (TPSA) is 302 Å². The number of carbonyl (C=O) groups is 7. The van der Waals surface area contributed by atoms with Crippen LogP contribution in [0.4, 0.5) is 0 Å². The molecule has 14 aliphatic carbocycles. The summed E-state index contributed by atoms with van der Waals surface area (Å²) in [4.78, 5) is 84.6. The Kier molecular flexibility index (Phi) is 13.1. The lowest BCUT2D eigenvalue weighted by atomic mass is 9.82. The highest BCUT2D eigenvalue weighted by atomic mass is 35.5. The zero-order valence-corrected chi connectivity index (χ0v) is 70.8. The summed E-state index contributed by atoms with van der Waals surface area (Å²) < 4.78 is 460. The molecular weight excluding hydrogens is 1670 g/mol. The van der Waals surface area contributed by atoms with Gasteiger partial charge in [-0.1, -0.05) is 124 Å². The molecule has 0 saturated heterocycles. The van der Waals surface area contributed by atoms with Crippen molar-refractivity contribution < 1.29 is 110 Å². The highest BCUT2D eigenvalue weighted by molar-refractivity contribution is 6.33. The highest BCUT2D eigenvalue weighted by Crippen LogP contribution is 2.53. The van der Waals surface area contributed by atoms with Gasteiger partial charge in [0.15, 0.2) is 0 Å². The Morgan fingerprint density at radius 3 is 1.00 bits per heavy atom. The smallest absolute Gasteiger partial charge is 0.224 e. The Morgan fingerprint density at radius 2 is 0.581 bits per heavy atom. The van der Waals surface area contributed by atoms with Crippen LogP contribution in [0.2, 0.25) is 30.1 Å². The number of fused-ring (bicyclic) bond motifs is 14. The van der Waals surface area contributed by atoms with Gasteiger partial charge in [0.05, 0.1) is 50.9 Å². The summed E-state index contributed by atoms with van der Waals surface area (Å²) in [5.41, 5.74) is 39.4. The minimum atomic E-state index is -3.32.